The molecule has 2 N–H and O–H groups in total. The molecule has 0 aliphatic heterocycles. The van der Waals surface area contributed by atoms with E-state index in [4.69, 9.17) is 5.26 Å². The number of hydrogen-bond donors (Lipinski definition) is 2. The van der Waals surface area contributed by atoms with Crippen LogP contribution in [0.4, 0.5) is 0 Å². The zero-order valence-corrected chi connectivity index (χ0v) is 10.8. The fraction of sp³-hybridized carbons (Fsp3) is 0.727. The summed E-state index contributed by atoms with van der Waals surface area (Å²) in [5.41, 5.74) is -0.116. The molecule has 0 saturated heterocycles. The first-order chi connectivity index (χ1) is 7.78. The van der Waals surface area contributed by atoms with E-state index >= 15 is 0 Å². The van der Waals surface area contributed by atoms with E-state index in [0.29, 0.717) is 6.54 Å². The van der Waals surface area contributed by atoms with Crippen LogP contribution < -0.4 is 10.6 Å². The minimum atomic E-state index is -0.771. The molecule has 0 aromatic heterocycles. The second kappa shape index (κ2) is 6.86. The number of nitrogens with one attached hydrogen (secondary N) is 2. The molecule has 0 bridgehead atoms. The van der Waals surface area contributed by atoms with Crippen LogP contribution in [0.15, 0.2) is 0 Å². The van der Waals surface area contributed by atoms with Gasteiger partial charge in [-0.3, -0.25) is 9.59 Å². The second-order valence-corrected chi connectivity index (χ2v) is 4.93. The molecule has 17 heavy (non-hydrogen) atoms. The molecular formula is C11H20N4O2. The summed E-state index contributed by atoms with van der Waals surface area (Å²) in [5.74, 6) is -1.47. The lowest BCUT2D eigenvalue weighted by molar-refractivity contribution is -0.139. The van der Waals surface area contributed by atoms with Crippen molar-refractivity contribution >= 4 is 11.8 Å². The highest BCUT2D eigenvalue weighted by Gasteiger charge is 2.21. The maximum atomic E-state index is 11.3. The van der Waals surface area contributed by atoms with Crippen LogP contribution in [0.5, 0.6) is 0 Å². The molecule has 0 aliphatic carbocycles. The average molecular weight is 240 g/mol. The van der Waals surface area contributed by atoms with E-state index in [1.165, 1.54) is 0 Å². The monoisotopic (exact) mass is 240 g/mol. The van der Waals surface area contributed by atoms with Crippen molar-refractivity contribution in [2.45, 2.75) is 13.8 Å². The summed E-state index contributed by atoms with van der Waals surface area (Å²) in [4.78, 5) is 24.5. The maximum Gasteiger partial charge on any atom is 0.310 e. The van der Waals surface area contributed by atoms with Gasteiger partial charge in [0, 0.05) is 13.1 Å². The molecule has 6 heteroatoms. The van der Waals surface area contributed by atoms with Crippen molar-refractivity contribution in [3.8, 4) is 6.07 Å². The summed E-state index contributed by atoms with van der Waals surface area (Å²) in [6.07, 6.45) is 0. The van der Waals surface area contributed by atoms with E-state index in [9.17, 15) is 9.59 Å². The minimum absolute atomic E-state index is 0.116. The van der Waals surface area contributed by atoms with Gasteiger partial charge in [0.1, 0.15) is 6.54 Å². The molecule has 0 atom stereocenters. The Kier molecular flexibility index (Phi) is 6.21. The van der Waals surface area contributed by atoms with E-state index < -0.39 is 11.8 Å². The summed E-state index contributed by atoms with van der Waals surface area (Å²) in [6, 6.07) is 1.73. The largest absolute Gasteiger partial charge is 0.347 e. The van der Waals surface area contributed by atoms with Crippen LogP contribution >= 0.6 is 0 Å². The zero-order valence-electron chi connectivity index (χ0n) is 10.8. The lowest BCUT2D eigenvalue weighted by atomic mass is 9.93. The van der Waals surface area contributed by atoms with Crippen LogP contribution in [0, 0.1) is 16.7 Å². The summed E-state index contributed by atoms with van der Waals surface area (Å²) >= 11 is 0. The Labute approximate surface area is 102 Å². The van der Waals surface area contributed by atoms with Crippen LogP contribution in [0.25, 0.3) is 0 Å². The van der Waals surface area contributed by atoms with Crippen LogP contribution in [0.2, 0.25) is 0 Å². The smallest absolute Gasteiger partial charge is 0.310 e. The van der Waals surface area contributed by atoms with E-state index in [1.807, 2.05) is 32.8 Å². The Bertz CT molecular complexity index is 318. The SMILES string of the molecule is CN(C)CC(C)(C)CNC(=O)C(=O)NCC#N. The Balaban J connectivity index is 4.07. The van der Waals surface area contributed by atoms with Gasteiger partial charge in [-0.1, -0.05) is 13.8 Å². The number of nitriles is 1. The van der Waals surface area contributed by atoms with Crippen molar-refractivity contribution in [2.24, 2.45) is 5.41 Å². The Morgan fingerprint density at radius 1 is 1.24 bits per heavy atom. The van der Waals surface area contributed by atoms with Gasteiger partial charge in [-0.2, -0.15) is 5.26 Å². The summed E-state index contributed by atoms with van der Waals surface area (Å²) < 4.78 is 0. The molecule has 0 unspecified atom stereocenters. The first-order valence-corrected chi connectivity index (χ1v) is 5.36. The van der Waals surface area contributed by atoms with Gasteiger partial charge in [-0.25, -0.2) is 0 Å². The van der Waals surface area contributed by atoms with Crippen molar-refractivity contribution in [3.63, 3.8) is 0 Å². The van der Waals surface area contributed by atoms with Gasteiger partial charge < -0.3 is 15.5 Å². The van der Waals surface area contributed by atoms with Crippen molar-refractivity contribution in [2.75, 3.05) is 33.7 Å². The van der Waals surface area contributed by atoms with E-state index in [1.54, 1.807) is 6.07 Å². The lowest BCUT2D eigenvalue weighted by Crippen LogP contribution is -2.45. The van der Waals surface area contributed by atoms with Crippen molar-refractivity contribution < 1.29 is 9.59 Å². The Morgan fingerprint density at radius 3 is 2.24 bits per heavy atom. The molecule has 0 spiro atoms. The molecule has 0 aromatic rings. The lowest BCUT2D eigenvalue weighted by Gasteiger charge is -2.28. The summed E-state index contributed by atoms with van der Waals surface area (Å²) in [6.45, 7) is 5.05. The molecule has 0 fully saturated rings. The van der Waals surface area contributed by atoms with E-state index in [-0.39, 0.29) is 12.0 Å². The molecule has 0 aliphatic rings. The highest BCUT2D eigenvalue weighted by atomic mass is 16.2. The summed E-state index contributed by atoms with van der Waals surface area (Å²) in [7, 11) is 3.90. The van der Waals surface area contributed by atoms with Gasteiger partial charge in [0.15, 0.2) is 0 Å². The third-order valence-electron chi connectivity index (χ3n) is 2.01. The molecule has 2 amide bonds. The number of nitrogens with zero attached hydrogens (tertiary/aromatic N) is 2. The van der Waals surface area contributed by atoms with Crippen molar-refractivity contribution in [3.05, 3.63) is 0 Å². The molecule has 96 valence electrons. The van der Waals surface area contributed by atoms with Gasteiger partial charge in [0.2, 0.25) is 0 Å². The standard InChI is InChI=1S/C11H20N4O2/c1-11(2,8-15(3)4)7-14-10(17)9(16)13-6-5-12/h6-8H2,1-4H3,(H,13,16)(H,14,17). The molecular weight excluding hydrogens is 220 g/mol. The van der Waals surface area contributed by atoms with Crippen LogP contribution in [0.3, 0.4) is 0 Å². The van der Waals surface area contributed by atoms with E-state index in [2.05, 4.69) is 10.6 Å². The van der Waals surface area contributed by atoms with Crippen molar-refractivity contribution in [1.29, 1.82) is 5.26 Å². The predicted molar refractivity (Wildman–Crippen MR) is 64.0 cm³/mol. The van der Waals surface area contributed by atoms with Crippen LogP contribution in [0.1, 0.15) is 13.8 Å². The van der Waals surface area contributed by atoms with E-state index in [0.717, 1.165) is 6.54 Å². The third kappa shape index (κ3) is 7.30. The normalized spacial score (nSPS) is 10.8. The molecule has 0 saturated carbocycles. The maximum absolute atomic E-state index is 11.3. The second-order valence-electron chi connectivity index (χ2n) is 4.93. The number of carbonyl (C=O) groups is 2. The summed E-state index contributed by atoms with van der Waals surface area (Å²) in [5, 5.41) is 13.0. The quantitative estimate of drug-likeness (QED) is 0.493. The molecule has 0 heterocycles. The number of hydrogen-bond acceptors (Lipinski definition) is 4. The highest BCUT2D eigenvalue weighted by molar-refractivity contribution is 6.35. The number of amides is 2. The van der Waals surface area contributed by atoms with Gasteiger partial charge in [0.25, 0.3) is 0 Å². The van der Waals surface area contributed by atoms with Crippen molar-refractivity contribution in [1.82, 2.24) is 15.5 Å². The highest BCUT2D eigenvalue weighted by Crippen LogP contribution is 2.13. The molecule has 0 aromatic carbocycles. The topological polar surface area (TPSA) is 85.2 Å². The van der Waals surface area contributed by atoms with Gasteiger partial charge >= 0.3 is 11.8 Å². The average Bonchev–Trinajstić information content (AvgIpc) is 2.20. The minimum Gasteiger partial charge on any atom is -0.347 e. The molecule has 0 rings (SSSR count). The Morgan fingerprint density at radius 2 is 1.76 bits per heavy atom. The zero-order chi connectivity index (χ0) is 13.5. The number of rotatable bonds is 5. The predicted octanol–water partition coefficient (Wildman–Crippen LogP) is -0.670. The van der Waals surface area contributed by atoms with Gasteiger partial charge in [-0.15, -0.1) is 0 Å². The fourth-order valence-corrected chi connectivity index (χ4v) is 1.51. The molecule has 0 radical (unpaired) electrons. The van der Waals surface area contributed by atoms with Gasteiger partial charge in [-0.05, 0) is 19.5 Å². The fourth-order valence-electron chi connectivity index (χ4n) is 1.51. The molecule has 6 nitrogen and oxygen atoms in total. The number of carbonyl (C=O) groups excluding carboxylic acids is 2. The van der Waals surface area contributed by atoms with Crippen LogP contribution in [-0.2, 0) is 9.59 Å². The Hall–Kier alpha value is -1.61. The first kappa shape index (κ1) is 15.4. The first-order valence-electron chi connectivity index (χ1n) is 5.36. The van der Waals surface area contributed by atoms with Gasteiger partial charge in [0.05, 0.1) is 6.07 Å². The third-order valence-corrected chi connectivity index (χ3v) is 2.01. The van der Waals surface area contributed by atoms with Crippen LogP contribution in [-0.4, -0.2) is 50.4 Å².